The van der Waals surface area contributed by atoms with E-state index in [0.717, 1.165) is 43.3 Å². The Kier molecular flexibility index (Phi) is 4.84. The zero-order valence-electron chi connectivity index (χ0n) is 12.8. The SMILES string of the molecule is CCCNCc1c(C)nn(C)c1N(C)Cc1ccco1. The molecule has 20 heavy (non-hydrogen) atoms. The summed E-state index contributed by atoms with van der Waals surface area (Å²) >= 11 is 0. The van der Waals surface area contributed by atoms with Gasteiger partial charge in [0.1, 0.15) is 11.6 Å². The standard InChI is InChI=1S/C15H24N4O/c1-5-8-16-10-14-12(2)17-19(4)15(14)18(3)11-13-7-6-9-20-13/h6-7,9,16H,5,8,10-11H2,1-4H3. The lowest BCUT2D eigenvalue weighted by Gasteiger charge is -2.20. The van der Waals surface area contributed by atoms with Crippen LogP contribution in [-0.2, 0) is 20.1 Å². The van der Waals surface area contributed by atoms with Crippen LogP contribution in [0.1, 0.15) is 30.4 Å². The van der Waals surface area contributed by atoms with Crippen LogP contribution >= 0.6 is 0 Å². The van der Waals surface area contributed by atoms with Gasteiger partial charge in [0.15, 0.2) is 0 Å². The Morgan fingerprint density at radius 1 is 1.45 bits per heavy atom. The van der Waals surface area contributed by atoms with Gasteiger partial charge in [-0.2, -0.15) is 5.10 Å². The van der Waals surface area contributed by atoms with Gasteiger partial charge in [0.25, 0.3) is 0 Å². The summed E-state index contributed by atoms with van der Waals surface area (Å²) in [5, 5.41) is 8.00. The molecule has 2 aromatic rings. The molecule has 0 amide bonds. The average molecular weight is 276 g/mol. The Bertz CT molecular complexity index is 530. The molecule has 0 aromatic carbocycles. The van der Waals surface area contributed by atoms with E-state index in [0.29, 0.717) is 0 Å². The zero-order chi connectivity index (χ0) is 14.5. The lowest BCUT2D eigenvalue weighted by atomic mass is 10.2. The van der Waals surface area contributed by atoms with Crippen LogP contribution in [-0.4, -0.2) is 23.4 Å². The lowest BCUT2D eigenvalue weighted by molar-refractivity contribution is 0.505. The maximum atomic E-state index is 5.42. The van der Waals surface area contributed by atoms with Gasteiger partial charge in [-0.3, -0.25) is 4.68 Å². The van der Waals surface area contributed by atoms with Crippen LogP contribution in [0.15, 0.2) is 22.8 Å². The maximum absolute atomic E-state index is 5.42. The largest absolute Gasteiger partial charge is 0.467 e. The number of aryl methyl sites for hydroxylation is 2. The van der Waals surface area contributed by atoms with E-state index in [9.17, 15) is 0 Å². The highest BCUT2D eigenvalue weighted by atomic mass is 16.3. The second-order valence-corrected chi connectivity index (χ2v) is 5.12. The normalized spacial score (nSPS) is 11.0. The van der Waals surface area contributed by atoms with Gasteiger partial charge < -0.3 is 14.6 Å². The molecule has 0 aliphatic heterocycles. The van der Waals surface area contributed by atoms with Gasteiger partial charge in [-0.25, -0.2) is 0 Å². The summed E-state index contributed by atoms with van der Waals surface area (Å²) < 4.78 is 7.37. The number of aromatic nitrogens is 2. The minimum atomic E-state index is 0.743. The third-order valence-electron chi connectivity index (χ3n) is 3.38. The molecule has 2 aromatic heterocycles. The molecule has 0 aliphatic carbocycles. The van der Waals surface area contributed by atoms with Gasteiger partial charge in [0.05, 0.1) is 18.5 Å². The summed E-state index contributed by atoms with van der Waals surface area (Å²) in [5.41, 5.74) is 2.34. The molecule has 2 rings (SSSR count). The first-order valence-electron chi connectivity index (χ1n) is 7.10. The van der Waals surface area contributed by atoms with Crippen LogP contribution in [0.4, 0.5) is 5.82 Å². The van der Waals surface area contributed by atoms with E-state index in [1.165, 1.54) is 5.56 Å². The summed E-state index contributed by atoms with van der Waals surface area (Å²) in [6.07, 6.45) is 2.85. The minimum Gasteiger partial charge on any atom is -0.467 e. The van der Waals surface area contributed by atoms with Gasteiger partial charge in [-0.05, 0) is 32.0 Å². The number of nitrogens with zero attached hydrogens (tertiary/aromatic N) is 3. The van der Waals surface area contributed by atoms with E-state index >= 15 is 0 Å². The number of furan rings is 1. The number of hydrogen-bond acceptors (Lipinski definition) is 4. The van der Waals surface area contributed by atoms with Gasteiger partial charge in [0, 0.05) is 26.2 Å². The average Bonchev–Trinajstić information content (AvgIpc) is 2.98. The van der Waals surface area contributed by atoms with Crippen LogP contribution in [0.25, 0.3) is 0 Å². The Hall–Kier alpha value is -1.75. The highest BCUT2D eigenvalue weighted by molar-refractivity contribution is 5.49. The Labute approximate surface area is 120 Å². The van der Waals surface area contributed by atoms with Crippen molar-refractivity contribution < 1.29 is 4.42 Å². The highest BCUT2D eigenvalue weighted by Crippen LogP contribution is 2.23. The van der Waals surface area contributed by atoms with E-state index in [2.05, 4.69) is 36.2 Å². The molecule has 1 N–H and O–H groups in total. The second kappa shape index (κ2) is 6.61. The van der Waals surface area contributed by atoms with E-state index in [4.69, 9.17) is 4.42 Å². The van der Waals surface area contributed by atoms with Crippen LogP contribution in [0.3, 0.4) is 0 Å². The Balaban J connectivity index is 2.16. The molecular formula is C15H24N4O. The first-order chi connectivity index (χ1) is 9.63. The molecule has 0 unspecified atom stereocenters. The monoisotopic (exact) mass is 276 g/mol. The van der Waals surface area contributed by atoms with Gasteiger partial charge >= 0.3 is 0 Å². The molecule has 0 bridgehead atoms. The molecule has 0 aliphatic rings. The van der Waals surface area contributed by atoms with Crippen LogP contribution < -0.4 is 10.2 Å². The van der Waals surface area contributed by atoms with Crippen LogP contribution in [0.2, 0.25) is 0 Å². The number of nitrogens with one attached hydrogen (secondary N) is 1. The van der Waals surface area contributed by atoms with E-state index in [1.807, 2.05) is 23.9 Å². The number of anilines is 1. The molecule has 0 fully saturated rings. The van der Waals surface area contributed by atoms with Crippen molar-refractivity contribution in [1.82, 2.24) is 15.1 Å². The van der Waals surface area contributed by atoms with Gasteiger partial charge in [-0.15, -0.1) is 0 Å². The summed E-state index contributed by atoms with van der Waals surface area (Å²) in [7, 11) is 4.06. The zero-order valence-corrected chi connectivity index (χ0v) is 12.8. The molecular weight excluding hydrogens is 252 g/mol. The summed E-state index contributed by atoms with van der Waals surface area (Å²) in [6.45, 7) is 6.86. The molecule has 110 valence electrons. The van der Waals surface area contributed by atoms with Gasteiger partial charge in [0.2, 0.25) is 0 Å². The van der Waals surface area contributed by atoms with Crippen molar-refractivity contribution in [3.63, 3.8) is 0 Å². The molecule has 0 radical (unpaired) electrons. The van der Waals surface area contributed by atoms with Gasteiger partial charge in [-0.1, -0.05) is 6.92 Å². The van der Waals surface area contributed by atoms with Crippen LogP contribution in [0.5, 0.6) is 0 Å². The van der Waals surface area contributed by atoms with Crippen LogP contribution in [0, 0.1) is 6.92 Å². The van der Waals surface area contributed by atoms with Crippen molar-refractivity contribution in [2.75, 3.05) is 18.5 Å². The fourth-order valence-electron chi connectivity index (χ4n) is 2.48. The van der Waals surface area contributed by atoms with E-state index in [-0.39, 0.29) is 0 Å². The lowest BCUT2D eigenvalue weighted by Crippen LogP contribution is -2.22. The third-order valence-corrected chi connectivity index (χ3v) is 3.38. The van der Waals surface area contributed by atoms with Crippen molar-refractivity contribution in [3.8, 4) is 0 Å². The predicted molar refractivity (Wildman–Crippen MR) is 80.8 cm³/mol. The molecule has 5 nitrogen and oxygen atoms in total. The molecule has 0 saturated carbocycles. The van der Waals surface area contributed by atoms with Crippen molar-refractivity contribution in [1.29, 1.82) is 0 Å². The number of hydrogen-bond donors (Lipinski definition) is 1. The Morgan fingerprint density at radius 3 is 2.90 bits per heavy atom. The van der Waals surface area contributed by atoms with E-state index in [1.54, 1.807) is 6.26 Å². The highest BCUT2D eigenvalue weighted by Gasteiger charge is 2.17. The van der Waals surface area contributed by atoms with Crippen molar-refractivity contribution in [3.05, 3.63) is 35.4 Å². The fraction of sp³-hybridized carbons (Fsp3) is 0.533. The van der Waals surface area contributed by atoms with Crippen molar-refractivity contribution >= 4 is 5.82 Å². The molecule has 0 saturated heterocycles. The van der Waals surface area contributed by atoms with Crippen molar-refractivity contribution in [2.24, 2.45) is 7.05 Å². The molecule has 0 spiro atoms. The van der Waals surface area contributed by atoms with Crippen molar-refractivity contribution in [2.45, 2.75) is 33.4 Å². The first kappa shape index (κ1) is 14.7. The minimum absolute atomic E-state index is 0.743. The smallest absolute Gasteiger partial charge is 0.131 e. The first-order valence-corrected chi connectivity index (χ1v) is 7.10. The predicted octanol–water partition coefficient (Wildman–Crippen LogP) is 2.46. The summed E-state index contributed by atoms with van der Waals surface area (Å²) in [4.78, 5) is 2.18. The second-order valence-electron chi connectivity index (χ2n) is 5.12. The maximum Gasteiger partial charge on any atom is 0.131 e. The topological polar surface area (TPSA) is 46.2 Å². The molecule has 2 heterocycles. The van der Waals surface area contributed by atoms with E-state index < -0.39 is 0 Å². The fourth-order valence-corrected chi connectivity index (χ4v) is 2.48. The summed E-state index contributed by atoms with van der Waals surface area (Å²) in [5.74, 6) is 2.10. The third kappa shape index (κ3) is 3.22. The molecule has 0 atom stereocenters. The number of rotatable bonds is 7. The summed E-state index contributed by atoms with van der Waals surface area (Å²) in [6, 6.07) is 3.91. The Morgan fingerprint density at radius 2 is 2.25 bits per heavy atom. The molecule has 5 heteroatoms. The quantitative estimate of drug-likeness (QED) is 0.789.